The van der Waals surface area contributed by atoms with Crippen LogP contribution in [0.5, 0.6) is 0 Å². The molecule has 2 rings (SSSR count). The monoisotopic (exact) mass is 258 g/mol. The quantitative estimate of drug-likeness (QED) is 0.664. The molecule has 2 heteroatoms. The topological polar surface area (TPSA) is 6.48 Å². The van der Waals surface area contributed by atoms with Crippen molar-refractivity contribution in [2.45, 2.75) is 46.0 Å². The normalized spacial score (nSPS) is 14.4. The highest BCUT2D eigenvalue weighted by molar-refractivity contribution is 5.51. The minimum Gasteiger partial charge on any atom is -0.358 e. The van der Waals surface area contributed by atoms with Crippen molar-refractivity contribution in [2.75, 3.05) is 18.1 Å². The van der Waals surface area contributed by atoms with Crippen LogP contribution in [0.2, 0.25) is 0 Å². The highest BCUT2D eigenvalue weighted by Crippen LogP contribution is 2.20. The van der Waals surface area contributed by atoms with E-state index in [-0.39, 0.29) is 0 Å². The van der Waals surface area contributed by atoms with Crippen LogP contribution in [0, 0.1) is 6.92 Å². The van der Waals surface area contributed by atoms with Gasteiger partial charge in [0.25, 0.3) is 0 Å². The van der Waals surface area contributed by atoms with Gasteiger partial charge in [0.1, 0.15) is 0 Å². The van der Waals surface area contributed by atoms with Gasteiger partial charge in [0, 0.05) is 24.6 Å². The van der Waals surface area contributed by atoms with Crippen LogP contribution in [0.1, 0.15) is 44.6 Å². The molecule has 0 atom stereocenters. The van der Waals surface area contributed by atoms with Crippen molar-refractivity contribution in [1.29, 1.82) is 0 Å². The summed E-state index contributed by atoms with van der Waals surface area (Å²) in [6.45, 7) is 6.58. The third-order valence-corrected chi connectivity index (χ3v) is 3.71. The second-order valence-electron chi connectivity index (χ2n) is 5.47. The van der Waals surface area contributed by atoms with E-state index in [9.17, 15) is 0 Å². The Morgan fingerprint density at radius 1 is 0.947 bits per heavy atom. The van der Waals surface area contributed by atoms with Crippen LogP contribution < -0.4 is 4.90 Å². The zero-order chi connectivity index (χ0) is 13.5. The van der Waals surface area contributed by atoms with Gasteiger partial charge in [-0.2, -0.15) is 0 Å². The number of hydrogen-bond donors (Lipinski definition) is 0. The number of unbranched alkanes of at least 4 members (excludes halogenated alkanes) is 4. The molecule has 1 aromatic carbocycles. The van der Waals surface area contributed by atoms with Gasteiger partial charge in [-0.1, -0.05) is 50.3 Å². The molecule has 104 valence electrons. The predicted molar refractivity (Wildman–Crippen MR) is 83.1 cm³/mol. The lowest BCUT2D eigenvalue weighted by Crippen LogP contribution is -2.25. The number of hydrogen-bond acceptors (Lipinski definition) is 2. The fourth-order valence-corrected chi connectivity index (χ4v) is 2.43. The lowest BCUT2D eigenvalue weighted by Gasteiger charge is -2.21. The van der Waals surface area contributed by atoms with Crippen molar-refractivity contribution < 1.29 is 0 Å². The second-order valence-corrected chi connectivity index (χ2v) is 5.47. The van der Waals surface area contributed by atoms with Crippen LogP contribution >= 0.6 is 0 Å². The molecule has 1 heterocycles. The Labute approximate surface area is 117 Å². The van der Waals surface area contributed by atoms with E-state index in [1.54, 1.807) is 0 Å². The van der Waals surface area contributed by atoms with E-state index in [0.717, 1.165) is 6.67 Å². The second kappa shape index (κ2) is 7.22. The van der Waals surface area contributed by atoms with Gasteiger partial charge in [0.15, 0.2) is 0 Å². The third-order valence-electron chi connectivity index (χ3n) is 3.71. The van der Waals surface area contributed by atoms with Gasteiger partial charge >= 0.3 is 0 Å². The zero-order valence-electron chi connectivity index (χ0n) is 12.3. The first-order chi connectivity index (χ1) is 9.29. The number of benzene rings is 1. The van der Waals surface area contributed by atoms with Gasteiger partial charge < -0.3 is 9.80 Å². The highest BCUT2D eigenvalue weighted by Gasteiger charge is 2.12. The van der Waals surface area contributed by atoms with E-state index in [1.807, 2.05) is 0 Å². The molecule has 0 fully saturated rings. The van der Waals surface area contributed by atoms with Gasteiger partial charge in [-0.15, -0.1) is 0 Å². The summed E-state index contributed by atoms with van der Waals surface area (Å²) in [7, 11) is 0. The molecule has 0 saturated carbocycles. The first-order valence-electron chi connectivity index (χ1n) is 7.55. The average Bonchev–Trinajstić information content (AvgIpc) is 2.88. The molecular weight excluding hydrogens is 232 g/mol. The Bertz CT molecular complexity index is 394. The molecule has 1 aliphatic heterocycles. The van der Waals surface area contributed by atoms with Crippen LogP contribution in [0.15, 0.2) is 36.7 Å². The van der Waals surface area contributed by atoms with Gasteiger partial charge in [0.05, 0.1) is 6.67 Å². The summed E-state index contributed by atoms with van der Waals surface area (Å²) in [5, 5.41) is 0. The Morgan fingerprint density at radius 2 is 1.68 bits per heavy atom. The van der Waals surface area contributed by atoms with E-state index in [1.165, 1.54) is 49.9 Å². The van der Waals surface area contributed by atoms with E-state index >= 15 is 0 Å². The van der Waals surface area contributed by atoms with Crippen molar-refractivity contribution in [3.63, 3.8) is 0 Å². The molecule has 0 bridgehead atoms. The van der Waals surface area contributed by atoms with Crippen LogP contribution in [0.25, 0.3) is 0 Å². The molecule has 19 heavy (non-hydrogen) atoms. The molecule has 0 N–H and O–H groups in total. The summed E-state index contributed by atoms with van der Waals surface area (Å²) in [5.41, 5.74) is 2.61. The molecule has 0 radical (unpaired) electrons. The van der Waals surface area contributed by atoms with Crippen LogP contribution in [-0.4, -0.2) is 18.1 Å². The fourth-order valence-electron chi connectivity index (χ4n) is 2.43. The predicted octanol–water partition coefficient (Wildman–Crippen LogP) is 4.52. The standard InChI is InChI=1S/C17H26N2/c1-3-4-5-6-7-12-18-13-14-19(15-18)17-10-8-16(2)9-11-17/h8-11,13-14H,3-7,12,15H2,1-2H3. The van der Waals surface area contributed by atoms with Crippen molar-refractivity contribution in [3.05, 3.63) is 42.2 Å². The first-order valence-corrected chi connectivity index (χ1v) is 7.55. The van der Waals surface area contributed by atoms with Crippen molar-refractivity contribution in [2.24, 2.45) is 0 Å². The van der Waals surface area contributed by atoms with Crippen molar-refractivity contribution in [1.82, 2.24) is 4.90 Å². The van der Waals surface area contributed by atoms with E-state index in [2.05, 4.69) is 60.3 Å². The van der Waals surface area contributed by atoms with Crippen molar-refractivity contribution >= 4 is 5.69 Å². The number of rotatable bonds is 7. The van der Waals surface area contributed by atoms with Gasteiger partial charge in [-0.25, -0.2) is 0 Å². The number of nitrogens with zero attached hydrogens (tertiary/aromatic N) is 2. The Kier molecular flexibility index (Phi) is 5.31. The molecule has 1 aliphatic rings. The van der Waals surface area contributed by atoms with Gasteiger partial charge in [-0.05, 0) is 25.5 Å². The van der Waals surface area contributed by atoms with Gasteiger partial charge in [-0.3, -0.25) is 0 Å². The van der Waals surface area contributed by atoms with Crippen LogP contribution in [-0.2, 0) is 0 Å². The summed E-state index contributed by atoms with van der Waals surface area (Å²) in [6, 6.07) is 8.75. The SMILES string of the molecule is CCCCCCCN1C=CN(c2ccc(C)cc2)C1. The molecule has 0 amide bonds. The average molecular weight is 258 g/mol. The maximum atomic E-state index is 2.41. The Morgan fingerprint density at radius 3 is 2.42 bits per heavy atom. The van der Waals surface area contributed by atoms with E-state index in [0.29, 0.717) is 0 Å². The largest absolute Gasteiger partial charge is 0.358 e. The lowest BCUT2D eigenvalue weighted by atomic mass is 10.1. The lowest BCUT2D eigenvalue weighted by molar-refractivity contribution is 0.389. The molecule has 0 unspecified atom stereocenters. The minimum absolute atomic E-state index is 0.997. The molecule has 0 spiro atoms. The Balaban J connectivity index is 1.71. The summed E-state index contributed by atoms with van der Waals surface area (Å²) < 4.78 is 0. The summed E-state index contributed by atoms with van der Waals surface area (Å²) in [6.07, 6.45) is 11.2. The maximum absolute atomic E-state index is 2.41. The maximum Gasteiger partial charge on any atom is 0.0941 e. The van der Waals surface area contributed by atoms with E-state index in [4.69, 9.17) is 0 Å². The van der Waals surface area contributed by atoms with Crippen LogP contribution in [0.4, 0.5) is 5.69 Å². The molecular formula is C17H26N2. The highest BCUT2D eigenvalue weighted by atomic mass is 15.3. The molecule has 0 saturated heterocycles. The number of aryl methyl sites for hydroxylation is 1. The molecule has 1 aromatic rings. The summed E-state index contributed by atoms with van der Waals surface area (Å²) >= 11 is 0. The molecule has 0 aromatic heterocycles. The number of anilines is 1. The van der Waals surface area contributed by atoms with Crippen LogP contribution in [0.3, 0.4) is 0 Å². The smallest absolute Gasteiger partial charge is 0.0941 e. The van der Waals surface area contributed by atoms with E-state index < -0.39 is 0 Å². The fraction of sp³-hybridized carbons (Fsp3) is 0.529. The third kappa shape index (κ3) is 4.30. The zero-order valence-corrected chi connectivity index (χ0v) is 12.3. The first kappa shape index (κ1) is 14.0. The van der Waals surface area contributed by atoms with Gasteiger partial charge in [0.2, 0.25) is 0 Å². The Hall–Kier alpha value is -1.44. The molecule has 0 aliphatic carbocycles. The summed E-state index contributed by atoms with van der Waals surface area (Å²) in [4.78, 5) is 4.72. The molecule has 2 nitrogen and oxygen atoms in total. The van der Waals surface area contributed by atoms with Crippen molar-refractivity contribution in [3.8, 4) is 0 Å². The summed E-state index contributed by atoms with van der Waals surface area (Å²) in [5.74, 6) is 0. The minimum atomic E-state index is 0.997.